The molecule has 0 unspecified atom stereocenters. The molecular formula is C23H31ClN2OS. The number of carbonyl (C=O) groups excluding carboxylic acids is 1. The summed E-state index contributed by atoms with van der Waals surface area (Å²) in [6.45, 7) is 14.8. The number of halogens is 1. The van der Waals surface area contributed by atoms with E-state index in [1.54, 1.807) is 11.3 Å². The Morgan fingerprint density at radius 2 is 2.00 bits per heavy atom. The summed E-state index contributed by atoms with van der Waals surface area (Å²) in [4.78, 5) is 16.1. The highest BCUT2D eigenvalue weighted by molar-refractivity contribution is 7.16. The first kappa shape index (κ1) is 21.2. The lowest BCUT2D eigenvalue weighted by atomic mass is 9.86. The number of hydrogen-bond acceptors (Lipinski definition) is 3. The topological polar surface area (TPSA) is 32.3 Å². The van der Waals surface area contributed by atoms with Gasteiger partial charge in [0.15, 0.2) is 0 Å². The van der Waals surface area contributed by atoms with E-state index in [-0.39, 0.29) is 16.7 Å². The second kappa shape index (κ2) is 7.72. The van der Waals surface area contributed by atoms with Crippen molar-refractivity contribution in [2.45, 2.75) is 66.3 Å². The number of nitrogens with one attached hydrogen (secondary N) is 1. The predicted octanol–water partition coefficient (Wildman–Crippen LogP) is 6.77. The summed E-state index contributed by atoms with van der Waals surface area (Å²) in [7, 11) is 0. The standard InChI is InChI=1S/C23H31ClN2OS/c1-15-11-17(7-8-18(15)25-20(27)13-22(2,3)4)26-10-9-23(5,6)21-16(14-26)12-19(24)28-21/h7-8,11-12H,9-10,13-14H2,1-6H3,(H,25,27). The van der Waals surface area contributed by atoms with Gasteiger partial charge in [-0.05, 0) is 54.2 Å². The lowest BCUT2D eigenvalue weighted by molar-refractivity contribution is -0.117. The van der Waals surface area contributed by atoms with Crippen LogP contribution in [0.5, 0.6) is 0 Å². The van der Waals surface area contributed by atoms with Gasteiger partial charge >= 0.3 is 0 Å². The van der Waals surface area contributed by atoms with Crippen LogP contribution >= 0.6 is 22.9 Å². The average molecular weight is 419 g/mol. The average Bonchev–Trinajstić information content (AvgIpc) is 2.88. The molecule has 0 radical (unpaired) electrons. The van der Waals surface area contributed by atoms with Gasteiger partial charge in [-0.15, -0.1) is 11.3 Å². The van der Waals surface area contributed by atoms with Crippen molar-refractivity contribution in [3.05, 3.63) is 44.6 Å². The van der Waals surface area contributed by atoms with Crippen molar-refractivity contribution < 1.29 is 4.79 Å². The van der Waals surface area contributed by atoms with Crippen molar-refractivity contribution >= 4 is 40.2 Å². The summed E-state index contributed by atoms with van der Waals surface area (Å²) in [5, 5.41) is 3.07. The zero-order valence-electron chi connectivity index (χ0n) is 17.8. The SMILES string of the molecule is Cc1cc(N2CCC(C)(C)c3sc(Cl)cc3C2)ccc1NC(=O)CC(C)(C)C. The van der Waals surface area contributed by atoms with Crippen LogP contribution in [0.15, 0.2) is 24.3 Å². The van der Waals surface area contributed by atoms with Crippen molar-refractivity contribution in [3.8, 4) is 0 Å². The molecule has 0 spiro atoms. The molecule has 2 heterocycles. The second-order valence-electron chi connectivity index (χ2n) is 9.75. The van der Waals surface area contributed by atoms with Crippen LogP contribution in [0.4, 0.5) is 11.4 Å². The first-order valence-corrected chi connectivity index (χ1v) is 11.1. The number of amides is 1. The molecule has 0 saturated carbocycles. The van der Waals surface area contributed by atoms with Crippen LogP contribution in [0.3, 0.4) is 0 Å². The summed E-state index contributed by atoms with van der Waals surface area (Å²) in [5.41, 5.74) is 4.63. The van der Waals surface area contributed by atoms with E-state index >= 15 is 0 Å². The van der Waals surface area contributed by atoms with Gasteiger partial charge in [0.25, 0.3) is 0 Å². The number of thiophene rings is 1. The Hall–Kier alpha value is -1.52. The van der Waals surface area contributed by atoms with E-state index in [1.165, 1.54) is 16.1 Å². The summed E-state index contributed by atoms with van der Waals surface area (Å²) < 4.78 is 0.869. The Bertz CT molecular complexity index is 879. The van der Waals surface area contributed by atoms with E-state index in [4.69, 9.17) is 11.6 Å². The van der Waals surface area contributed by atoms with E-state index in [0.717, 1.165) is 35.1 Å². The molecule has 152 valence electrons. The number of anilines is 2. The number of aryl methyl sites for hydroxylation is 1. The third-order valence-electron chi connectivity index (χ3n) is 5.30. The molecule has 0 fully saturated rings. The van der Waals surface area contributed by atoms with Gasteiger partial charge in [-0.2, -0.15) is 0 Å². The molecule has 1 aliphatic heterocycles. The molecule has 1 aromatic carbocycles. The van der Waals surface area contributed by atoms with Gasteiger partial charge in [-0.25, -0.2) is 0 Å². The van der Waals surface area contributed by atoms with Crippen molar-refractivity contribution in [1.82, 2.24) is 0 Å². The Morgan fingerprint density at radius 3 is 2.64 bits per heavy atom. The molecule has 3 rings (SSSR count). The minimum absolute atomic E-state index is 0.0176. The maximum atomic E-state index is 12.3. The molecule has 1 N–H and O–H groups in total. The number of fused-ring (bicyclic) bond motifs is 1. The minimum Gasteiger partial charge on any atom is -0.367 e. The monoisotopic (exact) mass is 418 g/mol. The van der Waals surface area contributed by atoms with Gasteiger partial charge in [0.1, 0.15) is 0 Å². The lowest BCUT2D eigenvalue weighted by Gasteiger charge is -2.26. The number of benzene rings is 1. The number of carbonyl (C=O) groups is 1. The lowest BCUT2D eigenvalue weighted by Crippen LogP contribution is -2.25. The Morgan fingerprint density at radius 1 is 1.29 bits per heavy atom. The fourth-order valence-electron chi connectivity index (χ4n) is 3.78. The van der Waals surface area contributed by atoms with Crippen LogP contribution < -0.4 is 10.2 Å². The van der Waals surface area contributed by atoms with Gasteiger partial charge in [0, 0.05) is 41.2 Å². The van der Waals surface area contributed by atoms with Crippen molar-refractivity contribution in [3.63, 3.8) is 0 Å². The van der Waals surface area contributed by atoms with Gasteiger partial charge in [-0.1, -0.05) is 46.2 Å². The first-order valence-electron chi connectivity index (χ1n) is 9.89. The minimum atomic E-state index is -0.0176. The van der Waals surface area contributed by atoms with E-state index in [9.17, 15) is 4.79 Å². The second-order valence-corrected chi connectivity index (χ2v) is 11.4. The summed E-state index contributed by atoms with van der Waals surface area (Å²) in [6.07, 6.45) is 1.59. The largest absolute Gasteiger partial charge is 0.367 e. The van der Waals surface area contributed by atoms with Crippen LogP contribution in [0.25, 0.3) is 0 Å². The van der Waals surface area contributed by atoms with Crippen LogP contribution in [0, 0.1) is 12.3 Å². The molecule has 5 heteroatoms. The third kappa shape index (κ3) is 4.90. The number of hydrogen-bond donors (Lipinski definition) is 1. The molecule has 3 nitrogen and oxygen atoms in total. The van der Waals surface area contributed by atoms with Crippen LogP contribution in [-0.2, 0) is 16.8 Å². The molecule has 1 aliphatic rings. The molecule has 1 amide bonds. The molecular weight excluding hydrogens is 388 g/mol. The van der Waals surface area contributed by atoms with Gasteiger partial charge in [-0.3, -0.25) is 4.79 Å². The predicted molar refractivity (Wildman–Crippen MR) is 122 cm³/mol. The highest BCUT2D eigenvalue weighted by atomic mass is 35.5. The van der Waals surface area contributed by atoms with Crippen LogP contribution in [-0.4, -0.2) is 12.5 Å². The quantitative estimate of drug-likeness (QED) is 0.596. The number of rotatable bonds is 3. The molecule has 28 heavy (non-hydrogen) atoms. The Labute approximate surface area is 178 Å². The fourth-order valence-corrected chi connectivity index (χ4v) is 5.17. The maximum Gasteiger partial charge on any atom is 0.224 e. The molecule has 0 saturated heterocycles. The normalized spacial score (nSPS) is 16.5. The summed E-state index contributed by atoms with van der Waals surface area (Å²) in [5.74, 6) is 0.0671. The highest BCUT2D eigenvalue weighted by Gasteiger charge is 2.31. The van der Waals surface area contributed by atoms with Gasteiger partial charge < -0.3 is 10.2 Å². The molecule has 1 aromatic heterocycles. The summed E-state index contributed by atoms with van der Waals surface area (Å²) >= 11 is 8.04. The smallest absolute Gasteiger partial charge is 0.224 e. The molecule has 2 aromatic rings. The van der Waals surface area contributed by atoms with Crippen molar-refractivity contribution in [2.24, 2.45) is 5.41 Å². The Kier molecular flexibility index (Phi) is 5.84. The first-order chi connectivity index (χ1) is 12.9. The van der Waals surface area contributed by atoms with E-state index in [0.29, 0.717) is 6.42 Å². The van der Waals surface area contributed by atoms with E-state index in [2.05, 4.69) is 70.0 Å². The van der Waals surface area contributed by atoms with Crippen LogP contribution in [0.1, 0.15) is 63.5 Å². The molecule has 0 aliphatic carbocycles. The van der Waals surface area contributed by atoms with Gasteiger partial charge in [0.05, 0.1) is 4.34 Å². The van der Waals surface area contributed by atoms with Crippen LogP contribution in [0.2, 0.25) is 4.34 Å². The fraction of sp³-hybridized carbons (Fsp3) is 0.522. The highest BCUT2D eigenvalue weighted by Crippen LogP contribution is 2.42. The van der Waals surface area contributed by atoms with Crippen molar-refractivity contribution in [1.29, 1.82) is 0 Å². The maximum absolute atomic E-state index is 12.3. The third-order valence-corrected chi connectivity index (χ3v) is 6.97. The molecule has 0 bridgehead atoms. The van der Waals surface area contributed by atoms with Crippen molar-refractivity contribution in [2.75, 3.05) is 16.8 Å². The van der Waals surface area contributed by atoms with E-state index < -0.39 is 0 Å². The zero-order valence-corrected chi connectivity index (χ0v) is 19.4. The van der Waals surface area contributed by atoms with E-state index in [1.807, 2.05) is 6.07 Å². The van der Waals surface area contributed by atoms with Gasteiger partial charge in [0.2, 0.25) is 5.91 Å². The number of nitrogens with zero attached hydrogens (tertiary/aromatic N) is 1. The molecule has 0 atom stereocenters. The zero-order chi connectivity index (χ0) is 20.7. The summed E-state index contributed by atoms with van der Waals surface area (Å²) in [6, 6.07) is 8.45. The Balaban J connectivity index is 1.79.